The van der Waals surface area contributed by atoms with Gasteiger partial charge in [0.1, 0.15) is 11.5 Å². The second-order valence-corrected chi connectivity index (χ2v) is 3.11. The molecule has 1 rings (SSSR count). The van der Waals surface area contributed by atoms with Crippen molar-refractivity contribution in [2.45, 2.75) is 25.6 Å². The largest absolute Gasteiger partial charge is 0.465 e. The van der Waals surface area contributed by atoms with Crippen molar-refractivity contribution in [2.24, 2.45) is 0 Å². The Kier molecular flexibility index (Phi) is 3.21. The Morgan fingerprint density at radius 3 is 2.43 bits per heavy atom. The van der Waals surface area contributed by atoms with E-state index in [0.717, 1.165) is 0 Å². The maximum atomic E-state index is 12.1. The van der Waals surface area contributed by atoms with Crippen molar-refractivity contribution in [3.05, 3.63) is 23.7 Å². The van der Waals surface area contributed by atoms with Gasteiger partial charge in [0.05, 0.1) is 12.5 Å². The highest BCUT2D eigenvalue weighted by atomic mass is 19.4. The molecule has 1 N–H and O–H groups in total. The average molecular weight is 207 g/mol. The standard InChI is InChI=1S/C9H12F3NO/c1-6-3-4-8(14-6)7(13-2)5-9(10,11)12/h3-4,7,13H,5H2,1-2H3. The minimum atomic E-state index is -4.19. The zero-order valence-electron chi connectivity index (χ0n) is 7.98. The molecule has 14 heavy (non-hydrogen) atoms. The molecule has 0 aromatic carbocycles. The molecular weight excluding hydrogens is 195 g/mol. The molecule has 2 nitrogen and oxygen atoms in total. The van der Waals surface area contributed by atoms with Crippen LogP contribution in [-0.2, 0) is 0 Å². The fourth-order valence-corrected chi connectivity index (χ4v) is 1.22. The Bertz CT molecular complexity index is 292. The highest BCUT2D eigenvalue weighted by molar-refractivity contribution is 5.09. The van der Waals surface area contributed by atoms with E-state index in [0.29, 0.717) is 11.5 Å². The summed E-state index contributed by atoms with van der Waals surface area (Å²) in [6.45, 7) is 1.70. The summed E-state index contributed by atoms with van der Waals surface area (Å²) in [7, 11) is 1.48. The summed E-state index contributed by atoms with van der Waals surface area (Å²) in [5, 5.41) is 2.57. The molecule has 5 heteroatoms. The second kappa shape index (κ2) is 4.04. The van der Waals surface area contributed by atoms with Gasteiger partial charge in [0.25, 0.3) is 0 Å². The zero-order chi connectivity index (χ0) is 10.8. The summed E-state index contributed by atoms with van der Waals surface area (Å²) in [4.78, 5) is 0. The lowest BCUT2D eigenvalue weighted by atomic mass is 10.1. The van der Waals surface area contributed by atoms with Gasteiger partial charge in [-0.05, 0) is 26.1 Å². The highest BCUT2D eigenvalue weighted by Gasteiger charge is 2.33. The summed E-state index contributed by atoms with van der Waals surface area (Å²) in [5.41, 5.74) is 0. The van der Waals surface area contributed by atoms with E-state index in [1.807, 2.05) is 0 Å². The van der Waals surface area contributed by atoms with Crippen LogP contribution in [0.1, 0.15) is 24.0 Å². The first-order valence-corrected chi connectivity index (χ1v) is 4.23. The van der Waals surface area contributed by atoms with Gasteiger partial charge in [0.15, 0.2) is 0 Å². The van der Waals surface area contributed by atoms with Gasteiger partial charge in [-0.1, -0.05) is 0 Å². The van der Waals surface area contributed by atoms with Gasteiger partial charge in [0, 0.05) is 0 Å². The maximum Gasteiger partial charge on any atom is 0.391 e. The molecule has 0 radical (unpaired) electrons. The molecule has 0 amide bonds. The van der Waals surface area contributed by atoms with Gasteiger partial charge < -0.3 is 9.73 Å². The van der Waals surface area contributed by atoms with Crippen LogP contribution in [0.5, 0.6) is 0 Å². The molecule has 0 aliphatic carbocycles. The number of alkyl halides is 3. The summed E-state index contributed by atoms with van der Waals surface area (Å²) in [6, 6.07) is 2.40. The Morgan fingerprint density at radius 1 is 1.43 bits per heavy atom. The first-order chi connectivity index (χ1) is 6.42. The number of aryl methyl sites for hydroxylation is 1. The molecule has 1 atom stereocenters. The van der Waals surface area contributed by atoms with Crippen LogP contribution < -0.4 is 5.32 Å². The number of hydrogen-bond acceptors (Lipinski definition) is 2. The normalized spacial score (nSPS) is 14.4. The summed E-state index contributed by atoms with van der Waals surface area (Å²) >= 11 is 0. The number of nitrogens with one attached hydrogen (secondary N) is 1. The topological polar surface area (TPSA) is 25.2 Å². The zero-order valence-corrected chi connectivity index (χ0v) is 7.98. The SMILES string of the molecule is CNC(CC(F)(F)F)c1ccc(C)o1. The molecule has 0 spiro atoms. The molecule has 80 valence electrons. The highest BCUT2D eigenvalue weighted by Crippen LogP contribution is 2.29. The van der Waals surface area contributed by atoms with Gasteiger partial charge >= 0.3 is 6.18 Å². The number of rotatable bonds is 3. The van der Waals surface area contributed by atoms with Crippen molar-refractivity contribution in [1.82, 2.24) is 5.32 Å². The smallest absolute Gasteiger partial charge is 0.391 e. The first kappa shape index (κ1) is 11.1. The molecule has 0 saturated heterocycles. The van der Waals surface area contributed by atoms with Crippen LogP contribution in [0.3, 0.4) is 0 Å². The summed E-state index contributed by atoms with van der Waals surface area (Å²) in [5.74, 6) is 0.935. The second-order valence-electron chi connectivity index (χ2n) is 3.11. The Morgan fingerprint density at radius 2 is 2.07 bits per heavy atom. The van der Waals surface area contributed by atoms with Gasteiger partial charge in [-0.3, -0.25) is 0 Å². The lowest BCUT2D eigenvalue weighted by Gasteiger charge is -2.15. The van der Waals surface area contributed by atoms with E-state index in [4.69, 9.17) is 4.42 Å². The third-order valence-corrected chi connectivity index (χ3v) is 1.89. The fourth-order valence-electron chi connectivity index (χ4n) is 1.22. The first-order valence-electron chi connectivity index (χ1n) is 4.23. The average Bonchev–Trinajstić information content (AvgIpc) is 2.46. The van der Waals surface area contributed by atoms with E-state index < -0.39 is 18.6 Å². The molecular formula is C9H12F3NO. The Balaban J connectivity index is 2.72. The van der Waals surface area contributed by atoms with Gasteiger partial charge in [-0.15, -0.1) is 0 Å². The van der Waals surface area contributed by atoms with Crippen LogP contribution in [0.2, 0.25) is 0 Å². The van der Waals surface area contributed by atoms with E-state index in [1.54, 1.807) is 19.1 Å². The molecule has 0 aliphatic rings. The van der Waals surface area contributed by atoms with Crippen molar-refractivity contribution in [3.63, 3.8) is 0 Å². The van der Waals surface area contributed by atoms with Crippen molar-refractivity contribution in [2.75, 3.05) is 7.05 Å². The van der Waals surface area contributed by atoms with Gasteiger partial charge in [0.2, 0.25) is 0 Å². The third kappa shape index (κ3) is 3.06. The van der Waals surface area contributed by atoms with Crippen LogP contribution in [0.25, 0.3) is 0 Å². The Hall–Kier alpha value is -0.970. The monoisotopic (exact) mass is 207 g/mol. The van der Waals surface area contributed by atoms with E-state index >= 15 is 0 Å². The van der Waals surface area contributed by atoms with E-state index in [-0.39, 0.29) is 0 Å². The molecule has 0 saturated carbocycles. The molecule has 1 unspecified atom stereocenters. The van der Waals surface area contributed by atoms with Crippen LogP contribution in [-0.4, -0.2) is 13.2 Å². The summed E-state index contributed by atoms with van der Waals surface area (Å²) < 4.78 is 41.4. The van der Waals surface area contributed by atoms with Crippen molar-refractivity contribution in [3.8, 4) is 0 Å². The lowest BCUT2D eigenvalue weighted by Crippen LogP contribution is -2.23. The third-order valence-electron chi connectivity index (χ3n) is 1.89. The molecule has 1 aromatic rings. The van der Waals surface area contributed by atoms with Crippen LogP contribution in [0, 0.1) is 6.92 Å². The van der Waals surface area contributed by atoms with E-state index in [2.05, 4.69) is 5.32 Å². The number of hydrogen-bond donors (Lipinski definition) is 1. The summed E-state index contributed by atoms with van der Waals surface area (Å²) in [6.07, 6.45) is -5.11. The van der Waals surface area contributed by atoms with Crippen LogP contribution in [0.15, 0.2) is 16.5 Å². The molecule has 0 bridgehead atoms. The lowest BCUT2D eigenvalue weighted by molar-refractivity contribution is -0.141. The minimum absolute atomic E-state index is 0.322. The number of halogens is 3. The van der Waals surface area contributed by atoms with Crippen LogP contribution >= 0.6 is 0 Å². The van der Waals surface area contributed by atoms with Gasteiger partial charge in [-0.25, -0.2) is 0 Å². The molecule has 1 heterocycles. The number of furan rings is 1. The van der Waals surface area contributed by atoms with E-state index in [9.17, 15) is 13.2 Å². The fraction of sp³-hybridized carbons (Fsp3) is 0.556. The quantitative estimate of drug-likeness (QED) is 0.824. The predicted molar refractivity (Wildman–Crippen MR) is 45.9 cm³/mol. The maximum absolute atomic E-state index is 12.1. The predicted octanol–water partition coefficient (Wildman–Crippen LogP) is 2.80. The van der Waals surface area contributed by atoms with E-state index in [1.165, 1.54) is 7.05 Å². The molecule has 1 aromatic heterocycles. The van der Waals surface area contributed by atoms with Crippen molar-refractivity contribution < 1.29 is 17.6 Å². The molecule has 0 aliphatic heterocycles. The van der Waals surface area contributed by atoms with Gasteiger partial charge in [-0.2, -0.15) is 13.2 Å². The Labute approximate surface area is 80.1 Å². The van der Waals surface area contributed by atoms with Crippen molar-refractivity contribution in [1.29, 1.82) is 0 Å². The van der Waals surface area contributed by atoms with Crippen LogP contribution in [0.4, 0.5) is 13.2 Å². The van der Waals surface area contributed by atoms with Crippen molar-refractivity contribution >= 4 is 0 Å². The molecule has 0 fully saturated rings. The minimum Gasteiger partial charge on any atom is -0.465 e.